The highest BCUT2D eigenvalue weighted by Gasteiger charge is 2.11. The summed E-state index contributed by atoms with van der Waals surface area (Å²) in [6.07, 6.45) is 2.31. The SMILES string of the molecule is COc1cccc(CNC(=O)C[C@H](C)n2ccc(C)n2)c1. The van der Waals surface area contributed by atoms with Crippen LogP contribution < -0.4 is 10.1 Å². The highest BCUT2D eigenvalue weighted by molar-refractivity contribution is 5.76. The quantitative estimate of drug-likeness (QED) is 0.888. The molecule has 0 radical (unpaired) electrons. The van der Waals surface area contributed by atoms with Crippen LogP contribution in [0.5, 0.6) is 5.75 Å². The van der Waals surface area contributed by atoms with Crippen LogP contribution in [0.3, 0.4) is 0 Å². The number of nitrogens with one attached hydrogen (secondary N) is 1. The standard InChI is InChI=1S/C16H21N3O2/c1-12-7-8-19(18-12)13(2)9-16(20)17-11-14-5-4-6-15(10-14)21-3/h4-8,10,13H,9,11H2,1-3H3,(H,17,20)/t13-/m0/s1. The van der Waals surface area contributed by atoms with Crippen molar-refractivity contribution in [2.24, 2.45) is 0 Å². The van der Waals surface area contributed by atoms with E-state index in [2.05, 4.69) is 10.4 Å². The average Bonchev–Trinajstić information content (AvgIpc) is 2.92. The fourth-order valence-electron chi connectivity index (χ4n) is 2.10. The Morgan fingerprint density at radius 1 is 1.43 bits per heavy atom. The van der Waals surface area contributed by atoms with E-state index in [-0.39, 0.29) is 11.9 Å². The van der Waals surface area contributed by atoms with Gasteiger partial charge < -0.3 is 10.1 Å². The predicted octanol–water partition coefficient (Wildman–Crippen LogP) is 2.47. The van der Waals surface area contributed by atoms with Crippen molar-refractivity contribution in [2.45, 2.75) is 32.9 Å². The molecule has 1 heterocycles. The van der Waals surface area contributed by atoms with Gasteiger partial charge in [-0.2, -0.15) is 5.10 Å². The van der Waals surface area contributed by atoms with Crippen molar-refractivity contribution in [1.29, 1.82) is 0 Å². The Hall–Kier alpha value is -2.30. The molecule has 0 unspecified atom stereocenters. The van der Waals surface area contributed by atoms with Gasteiger partial charge in [0.25, 0.3) is 0 Å². The van der Waals surface area contributed by atoms with Crippen LogP contribution in [0, 0.1) is 6.92 Å². The maximum atomic E-state index is 12.0. The van der Waals surface area contributed by atoms with Gasteiger partial charge in [0.05, 0.1) is 18.8 Å². The van der Waals surface area contributed by atoms with Crippen molar-refractivity contribution in [3.8, 4) is 5.75 Å². The van der Waals surface area contributed by atoms with Crippen molar-refractivity contribution >= 4 is 5.91 Å². The zero-order valence-corrected chi connectivity index (χ0v) is 12.7. The Bertz CT molecular complexity index is 607. The third-order valence-electron chi connectivity index (χ3n) is 3.30. The lowest BCUT2D eigenvalue weighted by atomic mass is 10.2. The van der Waals surface area contributed by atoms with Gasteiger partial charge in [0.2, 0.25) is 5.91 Å². The summed E-state index contributed by atoms with van der Waals surface area (Å²) in [5, 5.41) is 7.25. The summed E-state index contributed by atoms with van der Waals surface area (Å²) in [6, 6.07) is 9.65. The topological polar surface area (TPSA) is 56.1 Å². The van der Waals surface area contributed by atoms with Crippen molar-refractivity contribution in [1.82, 2.24) is 15.1 Å². The first kappa shape index (κ1) is 15.1. The maximum absolute atomic E-state index is 12.0. The smallest absolute Gasteiger partial charge is 0.222 e. The Balaban J connectivity index is 1.84. The number of benzene rings is 1. The number of carbonyl (C=O) groups is 1. The molecule has 0 aliphatic carbocycles. The number of hydrogen-bond donors (Lipinski definition) is 1. The molecule has 2 rings (SSSR count). The third kappa shape index (κ3) is 4.34. The van der Waals surface area contributed by atoms with Gasteiger partial charge in [-0.15, -0.1) is 0 Å². The van der Waals surface area contributed by atoms with Crippen LogP contribution in [0.2, 0.25) is 0 Å². The summed E-state index contributed by atoms with van der Waals surface area (Å²) in [5.74, 6) is 0.806. The van der Waals surface area contributed by atoms with Gasteiger partial charge in [0, 0.05) is 19.2 Å². The van der Waals surface area contributed by atoms with E-state index in [1.54, 1.807) is 7.11 Å². The number of ether oxygens (including phenoxy) is 1. The fourth-order valence-corrected chi connectivity index (χ4v) is 2.10. The molecule has 1 N–H and O–H groups in total. The minimum atomic E-state index is 0.0125. The first-order valence-electron chi connectivity index (χ1n) is 7.00. The number of aryl methyl sites for hydroxylation is 1. The summed E-state index contributed by atoms with van der Waals surface area (Å²) in [6.45, 7) is 4.42. The molecule has 1 atom stereocenters. The van der Waals surface area contributed by atoms with Crippen LogP contribution in [0.25, 0.3) is 0 Å². The molecule has 0 fully saturated rings. The molecule has 0 aliphatic rings. The Morgan fingerprint density at radius 2 is 2.24 bits per heavy atom. The summed E-state index contributed by atoms with van der Waals surface area (Å²) in [7, 11) is 1.63. The highest BCUT2D eigenvalue weighted by Crippen LogP contribution is 2.13. The molecule has 2 aromatic rings. The molecule has 0 saturated carbocycles. The minimum Gasteiger partial charge on any atom is -0.497 e. The lowest BCUT2D eigenvalue weighted by molar-refractivity contribution is -0.122. The van der Waals surface area contributed by atoms with Gasteiger partial charge in [0.1, 0.15) is 5.75 Å². The van der Waals surface area contributed by atoms with Gasteiger partial charge in [-0.3, -0.25) is 9.48 Å². The van der Waals surface area contributed by atoms with Crippen molar-refractivity contribution < 1.29 is 9.53 Å². The molecule has 5 nitrogen and oxygen atoms in total. The summed E-state index contributed by atoms with van der Waals surface area (Å²) in [4.78, 5) is 12.0. The first-order chi connectivity index (χ1) is 10.1. The molecule has 112 valence electrons. The molecule has 5 heteroatoms. The van der Waals surface area contributed by atoms with Crippen molar-refractivity contribution in [3.05, 3.63) is 47.8 Å². The normalized spacial score (nSPS) is 12.0. The lowest BCUT2D eigenvalue weighted by Crippen LogP contribution is -2.25. The fraction of sp³-hybridized carbons (Fsp3) is 0.375. The average molecular weight is 287 g/mol. The van der Waals surface area contributed by atoms with E-state index < -0.39 is 0 Å². The van der Waals surface area contributed by atoms with Crippen LogP contribution in [0.1, 0.15) is 30.6 Å². The van der Waals surface area contributed by atoms with Crippen molar-refractivity contribution in [2.75, 3.05) is 7.11 Å². The Labute approximate surface area is 124 Å². The second-order valence-electron chi connectivity index (χ2n) is 5.12. The molecular formula is C16H21N3O2. The molecule has 0 saturated heterocycles. The summed E-state index contributed by atoms with van der Waals surface area (Å²) < 4.78 is 6.98. The van der Waals surface area contributed by atoms with Gasteiger partial charge >= 0.3 is 0 Å². The lowest BCUT2D eigenvalue weighted by Gasteiger charge is -2.12. The van der Waals surface area contributed by atoms with Gasteiger partial charge in [-0.05, 0) is 37.6 Å². The van der Waals surface area contributed by atoms with E-state index in [0.717, 1.165) is 17.0 Å². The molecule has 0 bridgehead atoms. The van der Waals surface area contributed by atoms with Crippen LogP contribution in [-0.2, 0) is 11.3 Å². The van der Waals surface area contributed by atoms with Crippen molar-refractivity contribution in [3.63, 3.8) is 0 Å². The molecule has 0 aliphatic heterocycles. The van der Waals surface area contributed by atoms with Crippen LogP contribution in [0.4, 0.5) is 0 Å². The van der Waals surface area contributed by atoms with E-state index in [0.29, 0.717) is 13.0 Å². The number of carbonyl (C=O) groups excluding carboxylic acids is 1. The summed E-state index contributed by atoms with van der Waals surface area (Å²) >= 11 is 0. The highest BCUT2D eigenvalue weighted by atomic mass is 16.5. The van der Waals surface area contributed by atoms with Crippen LogP contribution in [-0.4, -0.2) is 22.8 Å². The number of nitrogens with zero attached hydrogens (tertiary/aromatic N) is 2. The van der Waals surface area contributed by atoms with E-state index >= 15 is 0 Å². The third-order valence-corrected chi connectivity index (χ3v) is 3.30. The monoisotopic (exact) mass is 287 g/mol. The maximum Gasteiger partial charge on any atom is 0.222 e. The second kappa shape index (κ2) is 6.92. The van der Waals surface area contributed by atoms with Gasteiger partial charge in [0.15, 0.2) is 0 Å². The molecule has 21 heavy (non-hydrogen) atoms. The number of aromatic nitrogens is 2. The Kier molecular flexibility index (Phi) is 4.98. The number of hydrogen-bond acceptors (Lipinski definition) is 3. The zero-order valence-electron chi connectivity index (χ0n) is 12.7. The van der Waals surface area contributed by atoms with E-state index in [4.69, 9.17) is 4.74 Å². The number of rotatable bonds is 6. The number of amides is 1. The molecule has 1 amide bonds. The van der Waals surface area contributed by atoms with Crippen LogP contribution >= 0.6 is 0 Å². The molecular weight excluding hydrogens is 266 g/mol. The Morgan fingerprint density at radius 3 is 2.90 bits per heavy atom. The molecule has 0 spiro atoms. The van der Waals surface area contributed by atoms with Gasteiger partial charge in [-0.25, -0.2) is 0 Å². The van der Waals surface area contributed by atoms with E-state index in [1.165, 1.54) is 0 Å². The second-order valence-corrected chi connectivity index (χ2v) is 5.12. The van der Waals surface area contributed by atoms with E-state index in [9.17, 15) is 4.79 Å². The zero-order chi connectivity index (χ0) is 15.2. The molecule has 1 aromatic carbocycles. The van der Waals surface area contributed by atoms with Crippen LogP contribution in [0.15, 0.2) is 36.5 Å². The van der Waals surface area contributed by atoms with Gasteiger partial charge in [-0.1, -0.05) is 12.1 Å². The number of methoxy groups -OCH3 is 1. The predicted molar refractivity (Wildman–Crippen MR) is 81.1 cm³/mol. The minimum absolute atomic E-state index is 0.0125. The summed E-state index contributed by atoms with van der Waals surface area (Å²) in [5.41, 5.74) is 1.98. The first-order valence-corrected chi connectivity index (χ1v) is 7.00. The van der Waals surface area contributed by atoms with E-state index in [1.807, 2.05) is 55.1 Å². The molecule has 1 aromatic heterocycles. The largest absolute Gasteiger partial charge is 0.497 e.